The molecule has 0 radical (unpaired) electrons. The van der Waals surface area contributed by atoms with E-state index in [0.717, 1.165) is 12.8 Å². The van der Waals surface area contributed by atoms with Gasteiger partial charge in [0.15, 0.2) is 0 Å². The number of ether oxygens (including phenoxy) is 1. The second-order valence-corrected chi connectivity index (χ2v) is 7.35. The van der Waals surface area contributed by atoms with Gasteiger partial charge in [0, 0.05) is 12.3 Å². The maximum absolute atomic E-state index is 11.1. The Balaban J connectivity index is 1.65. The zero-order valence-electron chi connectivity index (χ0n) is 16.0. The first-order valence-corrected chi connectivity index (χ1v) is 9.24. The molecule has 4 N–H and O–H groups in total. The quantitative estimate of drug-likeness (QED) is 0.628. The van der Waals surface area contributed by atoms with E-state index in [2.05, 4.69) is 36.2 Å². The minimum Gasteiger partial charge on any atom is -0.439 e. The van der Waals surface area contributed by atoms with Gasteiger partial charge in [-0.05, 0) is 54.1 Å². The van der Waals surface area contributed by atoms with Crippen LogP contribution in [0, 0.1) is 5.41 Å². The molecule has 1 heterocycles. The number of rotatable bonds is 8. The minimum atomic E-state index is -0.512. The minimum absolute atomic E-state index is 0.0180. The van der Waals surface area contributed by atoms with Crippen LogP contribution in [0.4, 0.5) is 0 Å². The van der Waals surface area contributed by atoms with Gasteiger partial charge in [-0.3, -0.25) is 4.79 Å². The number of nitrogens with two attached hydrogens (primary N) is 2. The third-order valence-electron chi connectivity index (χ3n) is 4.76. The smallest absolute Gasteiger partial charge is 0.250 e. The molecule has 5 nitrogen and oxygen atoms in total. The number of nitrogens with zero attached hydrogens (tertiary/aromatic N) is 1. The molecule has 0 aliphatic rings. The standard InChI is InChI=1S/C23H25N3O2/c1-23(16-24,13-17-5-3-2-4-6-17)14-18-7-10-20(11-8-18)28-21-12-9-19(15-26-21)22(25)27/h2-12,15H,13-14,16,24H2,1H3,(H2,25,27). The summed E-state index contributed by atoms with van der Waals surface area (Å²) in [7, 11) is 0. The van der Waals surface area contributed by atoms with E-state index >= 15 is 0 Å². The molecule has 3 aromatic rings. The van der Waals surface area contributed by atoms with E-state index in [-0.39, 0.29) is 5.41 Å². The molecule has 1 amide bonds. The number of benzene rings is 2. The third-order valence-corrected chi connectivity index (χ3v) is 4.76. The van der Waals surface area contributed by atoms with Gasteiger partial charge in [-0.25, -0.2) is 4.98 Å². The first-order valence-electron chi connectivity index (χ1n) is 9.24. The van der Waals surface area contributed by atoms with E-state index in [1.807, 2.05) is 30.3 Å². The summed E-state index contributed by atoms with van der Waals surface area (Å²) in [6.45, 7) is 2.82. The molecule has 1 atom stereocenters. The summed E-state index contributed by atoms with van der Waals surface area (Å²) in [5.74, 6) is 0.580. The van der Waals surface area contributed by atoms with Crippen molar-refractivity contribution < 1.29 is 9.53 Å². The van der Waals surface area contributed by atoms with Crippen LogP contribution in [0.3, 0.4) is 0 Å². The Bertz CT molecular complexity index is 909. The van der Waals surface area contributed by atoms with Crippen molar-refractivity contribution in [1.82, 2.24) is 4.98 Å². The van der Waals surface area contributed by atoms with Crippen molar-refractivity contribution in [2.75, 3.05) is 6.54 Å². The fourth-order valence-corrected chi connectivity index (χ4v) is 3.17. The molecule has 28 heavy (non-hydrogen) atoms. The number of aromatic nitrogens is 1. The summed E-state index contributed by atoms with van der Waals surface area (Å²) in [6.07, 6.45) is 3.21. The first kappa shape index (κ1) is 19.6. The summed E-state index contributed by atoms with van der Waals surface area (Å²) in [4.78, 5) is 15.2. The van der Waals surface area contributed by atoms with Crippen LogP contribution in [-0.2, 0) is 12.8 Å². The van der Waals surface area contributed by atoms with Crippen molar-refractivity contribution in [3.63, 3.8) is 0 Å². The van der Waals surface area contributed by atoms with Crippen molar-refractivity contribution in [3.05, 3.63) is 89.6 Å². The third kappa shape index (κ3) is 5.18. The maximum Gasteiger partial charge on any atom is 0.250 e. The molecule has 0 saturated carbocycles. The van der Waals surface area contributed by atoms with E-state index < -0.39 is 5.91 Å². The fourth-order valence-electron chi connectivity index (χ4n) is 3.17. The maximum atomic E-state index is 11.1. The highest BCUT2D eigenvalue weighted by molar-refractivity contribution is 5.92. The zero-order valence-corrected chi connectivity index (χ0v) is 16.0. The molecule has 144 valence electrons. The van der Waals surface area contributed by atoms with Gasteiger partial charge >= 0.3 is 0 Å². The summed E-state index contributed by atoms with van der Waals surface area (Å²) in [5, 5.41) is 0. The van der Waals surface area contributed by atoms with Gasteiger partial charge < -0.3 is 16.2 Å². The molecule has 0 aliphatic carbocycles. The average Bonchev–Trinajstić information content (AvgIpc) is 2.70. The Kier molecular flexibility index (Phi) is 6.06. The van der Waals surface area contributed by atoms with Crippen LogP contribution in [0.5, 0.6) is 11.6 Å². The van der Waals surface area contributed by atoms with Crippen LogP contribution < -0.4 is 16.2 Å². The summed E-state index contributed by atoms with van der Waals surface area (Å²) >= 11 is 0. The SMILES string of the molecule is CC(CN)(Cc1ccccc1)Cc1ccc(Oc2ccc(C(N)=O)cn2)cc1. The van der Waals surface area contributed by atoms with E-state index in [1.165, 1.54) is 17.3 Å². The number of primary amides is 1. The predicted octanol–water partition coefficient (Wildman–Crippen LogP) is 3.72. The van der Waals surface area contributed by atoms with Crippen LogP contribution in [-0.4, -0.2) is 17.4 Å². The van der Waals surface area contributed by atoms with Crippen molar-refractivity contribution in [2.24, 2.45) is 16.9 Å². The molecular formula is C23H25N3O2. The molecule has 0 aliphatic heterocycles. The van der Waals surface area contributed by atoms with Crippen molar-refractivity contribution in [1.29, 1.82) is 0 Å². The predicted molar refractivity (Wildman–Crippen MR) is 110 cm³/mol. The second-order valence-electron chi connectivity index (χ2n) is 7.35. The number of hydrogen-bond acceptors (Lipinski definition) is 4. The molecule has 1 unspecified atom stereocenters. The monoisotopic (exact) mass is 375 g/mol. The first-order chi connectivity index (χ1) is 13.5. The van der Waals surface area contributed by atoms with Gasteiger partial charge in [0.25, 0.3) is 0 Å². The van der Waals surface area contributed by atoms with E-state index in [0.29, 0.717) is 23.7 Å². The molecular weight excluding hydrogens is 350 g/mol. The zero-order chi connectivity index (χ0) is 20.0. The molecule has 2 aromatic carbocycles. The molecule has 3 rings (SSSR count). The van der Waals surface area contributed by atoms with Gasteiger partial charge in [-0.1, -0.05) is 49.4 Å². The van der Waals surface area contributed by atoms with Gasteiger partial charge in [0.2, 0.25) is 11.8 Å². The summed E-state index contributed by atoms with van der Waals surface area (Å²) in [5.41, 5.74) is 14.1. The fraction of sp³-hybridized carbons (Fsp3) is 0.217. The van der Waals surface area contributed by atoms with Gasteiger partial charge in [-0.15, -0.1) is 0 Å². The van der Waals surface area contributed by atoms with Crippen LogP contribution in [0.1, 0.15) is 28.4 Å². The second kappa shape index (κ2) is 8.67. The summed E-state index contributed by atoms with van der Waals surface area (Å²) < 4.78 is 5.73. The lowest BCUT2D eigenvalue weighted by atomic mass is 9.78. The Morgan fingerprint density at radius 1 is 0.964 bits per heavy atom. The van der Waals surface area contributed by atoms with Gasteiger partial charge in [-0.2, -0.15) is 0 Å². The molecule has 0 saturated heterocycles. The van der Waals surface area contributed by atoms with E-state index in [9.17, 15) is 4.79 Å². The Morgan fingerprint density at radius 2 is 1.61 bits per heavy atom. The summed E-state index contributed by atoms with van der Waals surface area (Å²) in [6, 6.07) is 21.6. The highest BCUT2D eigenvalue weighted by Gasteiger charge is 2.23. The molecule has 1 aromatic heterocycles. The highest BCUT2D eigenvalue weighted by atomic mass is 16.5. The Morgan fingerprint density at radius 3 is 2.14 bits per heavy atom. The van der Waals surface area contributed by atoms with Gasteiger partial charge in [0.1, 0.15) is 5.75 Å². The molecule has 0 spiro atoms. The topological polar surface area (TPSA) is 91.2 Å². The number of carbonyl (C=O) groups excluding carboxylic acids is 1. The Hall–Kier alpha value is -3.18. The largest absolute Gasteiger partial charge is 0.439 e. The molecule has 5 heteroatoms. The lowest BCUT2D eigenvalue weighted by Gasteiger charge is -2.28. The van der Waals surface area contributed by atoms with Crippen LogP contribution >= 0.6 is 0 Å². The van der Waals surface area contributed by atoms with Crippen molar-refractivity contribution >= 4 is 5.91 Å². The lowest BCUT2D eigenvalue weighted by molar-refractivity contribution is 0.1000. The van der Waals surface area contributed by atoms with Crippen LogP contribution in [0.2, 0.25) is 0 Å². The normalized spacial score (nSPS) is 12.9. The van der Waals surface area contributed by atoms with Crippen molar-refractivity contribution in [3.8, 4) is 11.6 Å². The molecule has 0 bridgehead atoms. The number of pyridine rings is 1. The lowest BCUT2D eigenvalue weighted by Crippen LogP contribution is -2.32. The van der Waals surface area contributed by atoms with Crippen LogP contribution in [0.15, 0.2) is 72.9 Å². The van der Waals surface area contributed by atoms with Gasteiger partial charge in [0.05, 0.1) is 5.56 Å². The van der Waals surface area contributed by atoms with E-state index in [1.54, 1.807) is 12.1 Å². The number of amides is 1. The average molecular weight is 375 g/mol. The van der Waals surface area contributed by atoms with E-state index in [4.69, 9.17) is 16.2 Å². The highest BCUT2D eigenvalue weighted by Crippen LogP contribution is 2.28. The van der Waals surface area contributed by atoms with Crippen LogP contribution in [0.25, 0.3) is 0 Å². The number of carbonyl (C=O) groups is 1. The number of hydrogen-bond donors (Lipinski definition) is 2. The Labute approximate surface area is 165 Å². The van der Waals surface area contributed by atoms with Crippen molar-refractivity contribution in [2.45, 2.75) is 19.8 Å². The molecule has 0 fully saturated rings.